The normalized spacial score (nSPS) is 15.9. The summed E-state index contributed by atoms with van der Waals surface area (Å²) in [6, 6.07) is 56.8. The summed E-state index contributed by atoms with van der Waals surface area (Å²) >= 11 is 18.3. The van der Waals surface area contributed by atoms with Gasteiger partial charge in [-0.05, 0) is 243 Å². The summed E-state index contributed by atoms with van der Waals surface area (Å²) in [6.07, 6.45) is 0.324. The van der Waals surface area contributed by atoms with Crippen molar-refractivity contribution in [2.45, 2.75) is 143 Å². The molecule has 3 aliphatic rings. The van der Waals surface area contributed by atoms with Gasteiger partial charge in [0.25, 0.3) is 17.7 Å². The van der Waals surface area contributed by atoms with E-state index in [2.05, 4.69) is 5.32 Å². The lowest BCUT2D eigenvalue weighted by Crippen LogP contribution is -2.59. The first-order valence-electron chi connectivity index (χ1n) is 41.2. The Morgan fingerprint density at radius 3 is 0.928 bits per heavy atom. The Balaban J connectivity index is 0.000000213. The molecule has 3 fully saturated rings. The third-order valence-corrected chi connectivity index (χ3v) is 21.6. The van der Waals surface area contributed by atoms with Crippen molar-refractivity contribution in [2.75, 3.05) is 91.2 Å². The number of halogens is 7. The molecule has 9 aromatic rings. The number of benzene rings is 9. The first-order valence-corrected chi connectivity index (χ1v) is 42.8. The number of amides is 8. The van der Waals surface area contributed by atoms with E-state index in [-0.39, 0.29) is 105 Å². The fraction of sp³-hybridized carbons (Fsp3) is 0.354. The summed E-state index contributed by atoms with van der Waals surface area (Å²) in [5, 5.41) is 3.32. The number of rotatable bonds is 23. The number of alkyl halides is 3. The Morgan fingerprint density at radius 2 is 0.680 bits per heavy atom. The van der Waals surface area contributed by atoms with E-state index in [1.807, 2.05) is 180 Å². The van der Waals surface area contributed by atoms with E-state index in [0.29, 0.717) is 112 Å². The van der Waals surface area contributed by atoms with Crippen LogP contribution in [-0.4, -0.2) is 178 Å². The first kappa shape index (κ1) is 97.5. The van der Waals surface area contributed by atoms with Crippen LogP contribution in [0.4, 0.5) is 39.8 Å². The maximum Gasteiger partial charge on any atom is 0.410 e. The second-order valence-corrected chi connectivity index (χ2v) is 33.1. The molecule has 6 atom stereocenters. The molecule has 8 amide bonds. The lowest BCUT2D eigenvalue weighted by Gasteiger charge is -2.43. The van der Waals surface area contributed by atoms with Gasteiger partial charge in [-0.25, -0.2) is 22.8 Å². The molecular weight excluding hydrogens is 1690 g/mol. The highest BCUT2D eigenvalue weighted by Crippen LogP contribution is 2.41. The molecular formula is C96H108Cl4F3N9O13. The van der Waals surface area contributed by atoms with Crippen molar-refractivity contribution in [3.63, 3.8) is 0 Å². The van der Waals surface area contributed by atoms with Crippen LogP contribution >= 0.6 is 47.2 Å². The van der Waals surface area contributed by atoms with Gasteiger partial charge in [-0.1, -0.05) is 105 Å². The van der Waals surface area contributed by atoms with E-state index < -0.39 is 76.7 Å². The lowest BCUT2D eigenvalue weighted by atomic mass is 9.99. The van der Waals surface area contributed by atoms with Crippen molar-refractivity contribution in [3.05, 3.63) is 269 Å². The number of hydrogen-bond acceptors (Lipinski definition) is 14. The predicted octanol–water partition coefficient (Wildman–Crippen LogP) is 19.7. The number of anilines is 3. The summed E-state index contributed by atoms with van der Waals surface area (Å²) in [7, 11) is 0. The minimum Gasteiger partial charge on any atom is -0.457 e. The number of nitrogens with one attached hydrogen (secondary N) is 1. The van der Waals surface area contributed by atoms with Crippen molar-refractivity contribution in [3.8, 4) is 34.5 Å². The number of carbonyl (C=O) groups excluding carboxylic acids is 8. The zero-order valence-electron chi connectivity index (χ0n) is 72.2. The highest BCUT2D eigenvalue weighted by atomic mass is 35.5. The molecule has 125 heavy (non-hydrogen) atoms. The van der Waals surface area contributed by atoms with Crippen molar-refractivity contribution >= 4 is 112 Å². The van der Waals surface area contributed by atoms with Gasteiger partial charge in [0.2, 0.25) is 17.7 Å². The molecule has 9 aromatic carbocycles. The van der Waals surface area contributed by atoms with Crippen LogP contribution in [0.25, 0.3) is 0 Å². The Morgan fingerprint density at radius 1 is 0.400 bits per heavy atom. The van der Waals surface area contributed by atoms with E-state index in [4.69, 9.17) is 58.5 Å². The lowest BCUT2D eigenvalue weighted by molar-refractivity contribution is -0.137. The summed E-state index contributed by atoms with van der Waals surface area (Å²) < 4.78 is 70.9. The molecule has 0 aliphatic carbocycles. The molecule has 12 rings (SSSR count). The van der Waals surface area contributed by atoms with Crippen molar-refractivity contribution in [1.29, 1.82) is 0 Å². The van der Waals surface area contributed by atoms with Crippen molar-refractivity contribution in [1.82, 2.24) is 29.8 Å². The first-order chi connectivity index (χ1) is 59.2. The van der Waals surface area contributed by atoms with Crippen molar-refractivity contribution in [2.24, 2.45) is 0 Å². The van der Waals surface area contributed by atoms with Gasteiger partial charge in [0.1, 0.15) is 98.9 Å². The van der Waals surface area contributed by atoms with Crippen LogP contribution in [0.15, 0.2) is 218 Å². The Kier molecular flexibility index (Phi) is 35.1. The molecule has 664 valence electrons. The molecule has 0 radical (unpaired) electrons. The molecule has 0 spiro atoms. The van der Waals surface area contributed by atoms with Crippen LogP contribution in [0.1, 0.15) is 127 Å². The zero-order chi connectivity index (χ0) is 89.7. The van der Waals surface area contributed by atoms with Gasteiger partial charge in [-0.15, -0.1) is 47.2 Å². The molecule has 3 heterocycles. The fourth-order valence-corrected chi connectivity index (χ4v) is 15.3. The Labute approximate surface area is 750 Å². The number of piperazine rings is 3. The van der Waals surface area contributed by atoms with Crippen LogP contribution in [0.5, 0.6) is 34.5 Å². The number of nitrogens with zero attached hydrogens (tertiary/aromatic N) is 8. The van der Waals surface area contributed by atoms with Gasteiger partial charge in [-0.3, -0.25) is 43.5 Å². The number of ether oxygens (including phenoxy) is 5. The van der Waals surface area contributed by atoms with Crippen LogP contribution in [-0.2, 0) is 38.2 Å². The van der Waals surface area contributed by atoms with E-state index in [0.717, 1.165) is 5.56 Å². The zero-order valence-corrected chi connectivity index (χ0v) is 75.3. The average molecular weight is 1790 g/mol. The predicted molar refractivity (Wildman–Crippen MR) is 484 cm³/mol. The smallest absolute Gasteiger partial charge is 0.410 e. The average Bonchev–Trinajstić information content (AvgIpc) is 0.784. The minimum atomic E-state index is -1.13. The van der Waals surface area contributed by atoms with Gasteiger partial charge in [0.15, 0.2) is 0 Å². The topological polar surface area (TPSA) is 221 Å². The molecule has 3 aliphatic heterocycles. The van der Waals surface area contributed by atoms with E-state index in [1.165, 1.54) is 75.4 Å². The monoisotopic (exact) mass is 1790 g/mol. The number of carbonyl (C=O) groups is 8. The van der Waals surface area contributed by atoms with Gasteiger partial charge in [-0.2, -0.15) is 0 Å². The van der Waals surface area contributed by atoms with Crippen LogP contribution in [0.3, 0.4) is 0 Å². The van der Waals surface area contributed by atoms with E-state index in [9.17, 15) is 51.5 Å². The van der Waals surface area contributed by atoms with Gasteiger partial charge < -0.3 is 53.5 Å². The Hall–Kier alpha value is -11.4. The third-order valence-electron chi connectivity index (χ3n) is 20.9. The third kappa shape index (κ3) is 26.2. The highest BCUT2D eigenvalue weighted by Gasteiger charge is 2.44. The summed E-state index contributed by atoms with van der Waals surface area (Å²) in [5.41, 5.74) is 3.63. The molecule has 0 saturated carbocycles. The molecule has 1 N–H and O–H groups in total. The maximum absolute atomic E-state index is 14.4. The highest BCUT2D eigenvalue weighted by molar-refractivity contribution is 6.31. The second kappa shape index (κ2) is 45.0. The molecule has 1 unspecified atom stereocenters. The summed E-state index contributed by atoms with van der Waals surface area (Å²) in [4.78, 5) is 122. The number of hydrogen-bond donors (Lipinski definition) is 1. The number of aryl methyl sites for hydroxylation is 3. The van der Waals surface area contributed by atoms with E-state index in [1.54, 1.807) is 85.2 Å². The van der Waals surface area contributed by atoms with Gasteiger partial charge in [0.05, 0.1) is 12.1 Å². The van der Waals surface area contributed by atoms with Gasteiger partial charge in [0, 0.05) is 82.0 Å². The molecule has 0 aromatic heterocycles. The SMILES string of the molecule is CC[C@H]1CN(C(=O)[C@@H](c2ccc(F)cc2)N(C(=O)CCl)c2ccc(Oc3ccccc3)cc2C)CCN1C(=O)OC(C)(C)C.CC[C@H]1CN(C(=O)[C@H](c2ccc(F)cc2)N(C(=O)CCl)c2ccc(Oc3ccccc3)cc2C)CCN1C(=O)OC(C)(C)C.Cc1cc(Oc2ccccc2)ccc1N(C(=O)CCl)C(C(=O)N1CCN[C@H](C)C1)c1ccc(F)cc1.Cl. The van der Waals surface area contributed by atoms with Crippen LogP contribution in [0.2, 0.25) is 0 Å². The second-order valence-electron chi connectivity index (χ2n) is 32.3. The van der Waals surface area contributed by atoms with E-state index >= 15 is 0 Å². The largest absolute Gasteiger partial charge is 0.457 e. The minimum absolute atomic E-state index is 0. The number of para-hydroxylation sites is 3. The van der Waals surface area contributed by atoms with Crippen LogP contribution in [0, 0.1) is 38.2 Å². The molecule has 0 bridgehead atoms. The quantitative estimate of drug-likeness (QED) is 0.0589. The fourth-order valence-electron chi connectivity index (χ4n) is 14.9. The maximum atomic E-state index is 14.4. The summed E-state index contributed by atoms with van der Waals surface area (Å²) in [6.45, 7) is 25.4. The Bertz CT molecular complexity index is 4920. The molecule has 22 nitrogen and oxygen atoms in total. The molecule has 3 saturated heterocycles. The van der Waals surface area contributed by atoms with Crippen molar-refractivity contribution < 1.29 is 75.2 Å². The summed E-state index contributed by atoms with van der Waals surface area (Å²) in [5.74, 6) is -1.08. The molecule has 29 heteroatoms. The van der Waals surface area contributed by atoms with Gasteiger partial charge >= 0.3 is 12.2 Å². The van der Waals surface area contributed by atoms with Crippen LogP contribution < -0.4 is 34.2 Å². The standard InChI is InChI=1S/2C34H39ClFN3O5.C28H29ClFN3O3.ClH/c2*1-6-26-22-37(18-19-38(26)33(42)44-34(3,4)5)32(41)31(24-12-14-25(36)15-13-24)39(30(40)21-35)29-17-16-28(20-23(29)2)43-27-10-8-7-9-11-27;1-19-16-24(36-23-6-4-3-5-7-23)12-13-25(19)33(26(34)17-29)27(21-8-10-22(30)11-9-21)28(35)32-15-14-31-20(2)18-32;/h2*7-17,20,26,31H,6,18-19,21-22H2,1-5H3;3-13,16,20,27,31H,14-15,17-18H2,1-2H3;1H/t26-,31+;26-,31-;20-,27?;/m001./s1.